The summed E-state index contributed by atoms with van der Waals surface area (Å²) < 4.78 is 0. The molecule has 0 spiro atoms. The highest BCUT2D eigenvalue weighted by Crippen LogP contribution is 2.31. The topological polar surface area (TPSA) is 53.5 Å². The Hall–Kier alpha value is -1.33. The maximum Gasteiger partial charge on any atom is 0.254 e. The fraction of sp³-hybridized carbons (Fsp3) is 0.500. The van der Waals surface area contributed by atoms with Crippen LogP contribution in [0.1, 0.15) is 23.2 Å². The Kier molecular flexibility index (Phi) is 4.04. The van der Waals surface area contributed by atoms with E-state index in [1.165, 1.54) is 12.1 Å². The lowest BCUT2D eigenvalue weighted by Gasteiger charge is -2.35. The molecule has 1 saturated carbocycles. The van der Waals surface area contributed by atoms with E-state index >= 15 is 0 Å². The van der Waals surface area contributed by atoms with Gasteiger partial charge in [-0.2, -0.15) is 0 Å². The van der Waals surface area contributed by atoms with Crippen molar-refractivity contribution in [1.29, 1.82) is 0 Å². The minimum absolute atomic E-state index is 0.125. The molecule has 112 valence electrons. The van der Waals surface area contributed by atoms with Gasteiger partial charge in [-0.15, -0.1) is 0 Å². The van der Waals surface area contributed by atoms with Crippen molar-refractivity contribution in [2.45, 2.75) is 12.8 Å². The zero-order chi connectivity index (χ0) is 15.0. The van der Waals surface area contributed by atoms with E-state index in [-0.39, 0.29) is 28.0 Å². The average molecular weight is 328 g/mol. The molecule has 1 aromatic rings. The van der Waals surface area contributed by atoms with E-state index in [1.54, 1.807) is 4.90 Å². The summed E-state index contributed by atoms with van der Waals surface area (Å²) in [5.74, 6) is 0.335. The predicted molar refractivity (Wildman–Crippen MR) is 79.5 cm³/mol. The summed E-state index contributed by atoms with van der Waals surface area (Å²) >= 11 is 11.6. The summed E-state index contributed by atoms with van der Waals surface area (Å²) in [6, 6.07) is 3.02. The Morgan fingerprint density at radius 3 is 2.05 bits per heavy atom. The molecule has 1 saturated heterocycles. The Bertz CT molecular complexity index is 561. The second-order valence-electron chi connectivity index (χ2n) is 5.39. The normalized spacial score (nSPS) is 18.8. The highest BCUT2D eigenvalue weighted by molar-refractivity contribution is 6.33. The molecule has 2 fully saturated rings. The van der Waals surface area contributed by atoms with Crippen LogP contribution in [0.15, 0.2) is 12.1 Å². The standard InChI is InChI=1S/C14H15Cl2N3O2/c15-11-7-10(8-12(16)17-11)14(21)19-5-3-18(4-6-19)13(20)9-1-2-9/h7-9H,1-6H2. The number of pyridine rings is 1. The van der Waals surface area contributed by atoms with Crippen molar-refractivity contribution in [2.75, 3.05) is 26.2 Å². The number of carbonyl (C=O) groups excluding carboxylic acids is 2. The van der Waals surface area contributed by atoms with E-state index in [4.69, 9.17) is 23.2 Å². The molecular weight excluding hydrogens is 313 g/mol. The minimum atomic E-state index is -0.125. The van der Waals surface area contributed by atoms with Crippen molar-refractivity contribution in [3.05, 3.63) is 28.0 Å². The first kappa shape index (κ1) is 14.6. The highest BCUT2D eigenvalue weighted by Gasteiger charge is 2.35. The molecular formula is C14H15Cl2N3O2. The lowest BCUT2D eigenvalue weighted by molar-refractivity contribution is -0.134. The number of halogens is 2. The third kappa shape index (κ3) is 3.30. The molecule has 1 aliphatic carbocycles. The summed E-state index contributed by atoms with van der Waals surface area (Å²) in [6.45, 7) is 2.25. The number of carbonyl (C=O) groups is 2. The van der Waals surface area contributed by atoms with Crippen LogP contribution < -0.4 is 0 Å². The highest BCUT2D eigenvalue weighted by atomic mass is 35.5. The number of aromatic nitrogens is 1. The van der Waals surface area contributed by atoms with Crippen LogP contribution in [0.4, 0.5) is 0 Å². The van der Waals surface area contributed by atoms with Gasteiger partial charge in [-0.05, 0) is 25.0 Å². The molecule has 0 radical (unpaired) electrons. The van der Waals surface area contributed by atoms with Gasteiger partial charge in [0.2, 0.25) is 5.91 Å². The van der Waals surface area contributed by atoms with E-state index in [1.807, 2.05) is 4.90 Å². The molecule has 2 heterocycles. The summed E-state index contributed by atoms with van der Waals surface area (Å²) in [6.07, 6.45) is 2.01. The SMILES string of the molecule is O=C(c1cc(Cl)nc(Cl)c1)N1CCN(C(=O)C2CC2)CC1. The number of rotatable bonds is 2. The molecule has 0 atom stereocenters. The van der Waals surface area contributed by atoms with Gasteiger partial charge in [0.05, 0.1) is 0 Å². The van der Waals surface area contributed by atoms with Crippen molar-refractivity contribution >= 4 is 35.0 Å². The lowest BCUT2D eigenvalue weighted by atomic mass is 10.2. The molecule has 1 aromatic heterocycles. The predicted octanol–water partition coefficient (Wildman–Crippen LogP) is 2.08. The van der Waals surface area contributed by atoms with Crippen LogP contribution in [-0.4, -0.2) is 52.8 Å². The average Bonchev–Trinajstić information content (AvgIpc) is 3.29. The van der Waals surface area contributed by atoms with Crippen LogP contribution in [-0.2, 0) is 4.79 Å². The minimum Gasteiger partial charge on any atom is -0.339 e. The molecule has 0 unspecified atom stereocenters. The van der Waals surface area contributed by atoms with E-state index in [0.29, 0.717) is 31.7 Å². The van der Waals surface area contributed by atoms with E-state index in [2.05, 4.69) is 4.98 Å². The second kappa shape index (κ2) is 5.81. The molecule has 21 heavy (non-hydrogen) atoms. The number of hydrogen-bond donors (Lipinski definition) is 0. The van der Waals surface area contributed by atoms with Crippen LogP contribution in [0, 0.1) is 5.92 Å². The Balaban J connectivity index is 1.63. The summed E-state index contributed by atoms with van der Waals surface area (Å²) in [5.41, 5.74) is 0.432. The van der Waals surface area contributed by atoms with E-state index < -0.39 is 0 Å². The van der Waals surface area contributed by atoms with Crippen LogP contribution in [0.5, 0.6) is 0 Å². The molecule has 7 heteroatoms. The second-order valence-corrected chi connectivity index (χ2v) is 6.17. The van der Waals surface area contributed by atoms with Crippen molar-refractivity contribution in [2.24, 2.45) is 5.92 Å². The molecule has 0 aromatic carbocycles. The maximum absolute atomic E-state index is 12.4. The fourth-order valence-corrected chi connectivity index (χ4v) is 2.95. The maximum atomic E-state index is 12.4. The molecule has 0 N–H and O–H groups in total. The van der Waals surface area contributed by atoms with Crippen molar-refractivity contribution < 1.29 is 9.59 Å². The number of piperazine rings is 1. The summed E-state index contributed by atoms with van der Waals surface area (Å²) in [7, 11) is 0. The third-order valence-electron chi connectivity index (χ3n) is 3.81. The van der Waals surface area contributed by atoms with Crippen molar-refractivity contribution in [3.8, 4) is 0 Å². The first-order valence-corrected chi connectivity index (χ1v) is 7.71. The summed E-state index contributed by atoms with van der Waals surface area (Å²) in [4.78, 5) is 31.8. The van der Waals surface area contributed by atoms with Crippen LogP contribution in [0.3, 0.4) is 0 Å². The first-order valence-electron chi connectivity index (χ1n) is 6.96. The Morgan fingerprint density at radius 1 is 1.00 bits per heavy atom. The third-order valence-corrected chi connectivity index (χ3v) is 4.20. The Labute approximate surface area is 132 Å². The van der Waals surface area contributed by atoms with Crippen molar-refractivity contribution in [3.63, 3.8) is 0 Å². The first-order chi connectivity index (χ1) is 10.0. The van der Waals surface area contributed by atoms with Crippen molar-refractivity contribution in [1.82, 2.24) is 14.8 Å². The van der Waals surface area contributed by atoms with Gasteiger partial charge in [0.15, 0.2) is 0 Å². The molecule has 5 nitrogen and oxygen atoms in total. The molecule has 0 bridgehead atoms. The van der Waals surface area contributed by atoms with Gasteiger partial charge in [0.1, 0.15) is 10.3 Å². The van der Waals surface area contributed by atoms with E-state index in [9.17, 15) is 9.59 Å². The number of hydrogen-bond acceptors (Lipinski definition) is 3. The van der Waals surface area contributed by atoms with Crippen LogP contribution >= 0.6 is 23.2 Å². The fourth-order valence-electron chi connectivity index (χ4n) is 2.49. The quantitative estimate of drug-likeness (QED) is 0.781. The van der Waals surface area contributed by atoms with Crippen LogP contribution in [0.25, 0.3) is 0 Å². The molecule has 3 rings (SSSR count). The van der Waals surface area contributed by atoms with Gasteiger partial charge < -0.3 is 9.80 Å². The van der Waals surface area contributed by atoms with Gasteiger partial charge in [-0.1, -0.05) is 23.2 Å². The van der Waals surface area contributed by atoms with Gasteiger partial charge in [0.25, 0.3) is 5.91 Å². The zero-order valence-electron chi connectivity index (χ0n) is 11.4. The molecule has 1 aliphatic heterocycles. The molecule has 2 amide bonds. The zero-order valence-corrected chi connectivity index (χ0v) is 12.9. The number of amides is 2. The summed E-state index contributed by atoms with van der Waals surface area (Å²) in [5, 5.41) is 0.404. The Morgan fingerprint density at radius 2 is 1.52 bits per heavy atom. The van der Waals surface area contributed by atoms with Gasteiger partial charge in [0, 0.05) is 37.7 Å². The van der Waals surface area contributed by atoms with Gasteiger partial charge in [-0.25, -0.2) is 4.98 Å². The number of nitrogens with zero attached hydrogens (tertiary/aromatic N) is 3. The van der Waals surface area contributed by atoms with Gasteiger partial charge in [-0.3, -0.25) is 9.59 Å². The monoisotopic (exact) mass is 327 g/mol. The molecule has 2 aliphatic rings. The van der Waals surface area contributed by atoms with Gasteiger partial charge >= 0.3 is 0 Å². The largest absolute Gasteiger partial charge is 0.339 e. The van der Waals surface area contributed by atoms with Crippen LogP contribution in [0.2, 0.25) is 10.3 Å². The lowest BCUT2D eigenvalue weighted by Crippen LogP contribution is -2.51. The van der Waals surface area contributed by atoms with E-state index in [0.717, 1.165) is 12.8 Å². The smallest absolute Gasteiger partial charge is 0.254 e.